The van der Waals surface area contributed by atoms with Crippen molar-refractivity contribution in [3.8, 4) is 0 Å². The fourth-order valence-electron chi connectivity index (χ4n) is 2.24. The van der Waals surface area contributed by atoms with Crippen molar-refractivity contribution in [2.45, 2.75) is 19.9 Å². The van der Waals surface area contributed by atoms with Crippen LogP contribution in [0.5, 0.6) is 0 Å². The summed E-state index contributed by atoms with van der Waals surface area (Å²) in [5, 5.41) is 5.44. The fraction of sp³-hybridized carbons (Fsp3) is 0.222. The Morgan fingerprint density at radius 3 is 2.61 bits per heavy atom. The second-order valence-electron chi connectivity index (χ2n) is 5.47. The molecule has 2 aromatic carbocycles. The van der Waals surface area contributed by atoms with Crippen molar-refractivity contribution in [2.75, 3.05) is 11.9 Å². The lowest BCUT2D eigenvalue weighted by Gasteiger charge is -2.11. The van der Waals surface area contributed by atoms with E-state index in [1.54, 1.807) is 24.3 Å². The Morgan fingerprint density at radius 2 is 1.91 bits per heavy atom. The molecule has 0 unspecified atom stereocenters. The molecule has 3 N–H and O–H groups in total. The Hall–Kier alpha value is -2.17. The summed E-state index contributed by atoms with van der Waals surface area (Å²) in [6, 6.07) is 14.7. The molecule has 0 radical (unpaired) electrons. The molecule has 120 valence electrons. The summed E-state index contributed by atoms with van der Waals surface area (Å²) in [4.78, 5) is 23.4. The van der Waals surface area contributed by atoms with Crippen LogP contribution in [0.4, 0.5) is 5.69 Å². The van der Waals surface area contributed by atoms with Gasteiger partial charge in [-0.05, 0) is 38.1 Å². The molecule has 0 aliphatic rings. The van der Waals surface area contributed by atoms with Crippen LogP contribution in [0.1, 0.15) is 35.8 Å². The van der Waals surface area contributed by atoms with E-state index < -0.39 is 0 Å². The zero-order chi connectivity index (χ0) is 16.8. The minimum Gasteiger partial charge on any atom is -0.333 e. The second-order valence-corrected chi connectivity index (χ2v) is 5.91. The molecule has 0 saturated carbocycles. The van der Waals surface area contributed by atoms with Gasteiger partial charge in [-0.25, -0.2) is 0 Å². The summed E-state index contributed by atoms with van der Waals surface area (Å²) in [5.74, 6) is -0.137. The van der Waals surface area contributed by atoms with E-state index in [9.17, 15) is 9.59 Å². The van der Waals surface area contributed by atoms with Gasteiger partial charge in [-0.15, -0.1) is 0 Å². The Morgan fingerprint density at radius 1 is 1.17 bits per heavy atom. The van der Waals surface area contributed by atoms with Crippen molar-refractivity contribution in [3.05, 3.63) is 64.7 Å². The molecule has 2 rings (SSSR count). The molecule has 0 fully saturated rings. The maximum atomic E-state index is 12.0. The average Bonchev–Trinajstić information content (AvgIpc) is 2.53. The number of rotatable bonds is 6. The molecule has 1 atom stereocenters. The van der Waals surface area contributed by atoms with Gasteiger partial charge in [0.05, 0.1) is 0 Å². The number of nitrogens with two attached hydrogens (primary N) is 1. The third-order valence-corrected chi connectivity index (χ3v) is 3.82. The second kappa shape index (κ2) is 7.90. The summed E-state index contributed by atoms with van der Waals surface area (Å²) >= 11 is 5.98. The lowest BCUT2D eigenvalue weighted by molar-refractivity contribution is -0.682. The first-order chi connectivity index (χ1) is 11.0. The molecule has 23 heavy (non-hydrogen) atoms. The van der Waals surface area contributed by atoms with Crippen LogP contribution in [-0.4, -0.2) is 18.2 Å². The normalized spacial score (nSPS) is 11.8. The molecule has 0 aliphatic heterocycles. The van der Waals surface area contributed by atoms with Gasteiger partial charge in [0.15, 0.2) is 12.3 Å². The number of benzene rings is 2. The van der Waals surface area contributed by atoms with Crippen LogP contribution in [-0.2, 0) is 4.79 Å². The molecule has 0 aliphatic carbocycles. The minimum absolute atomic E-state index is 0.0257. The van der Waals surface area contributed by atoms with Crippen molar-refractivity contribution in [2.24, 2.45) is 0 Å². The van der Waals surface area contributed by atoms with Crippen LogP contribution in [0.3, 0.4) is 0 Å². The average molecular weight is 332 g/mol. The summed E-state index contributed by atoms with van der Waals surface area (Å²) in [5.41, 5.74) is 2.29. The monoisotopic (exact) mass is 331 g/mol. The largest absolute Gasteiger partial charge is 0.333 e. The van der Waals surface area contributed by atoms with E-state index in [2.05, 4.69) is 5.32 Å². The maximum Gasteiger partial charge on any atom is 0.279 e. The van der Waals surface area contributed by atoms with Crippen LogP contribution >= 0.6 is 11.6 Å². The van der Waals surface area contributed by atoms with Crippen molar-refractivity contribution in [1.82, 2.24) is 0 Å². The van der Waals surface area contributed by atoms with Gasteiger partial charge < -0.3 is 10.6 Å². The van der Waals surface area contributed by atoms with Gasteiger partial charge in [0, 0.05) is 21.8 Å². The van der Waals surface area contributed by atoms with Gasteiger partial charge in [0.25, 0.3) is 5.91 Å². The van der Waals surface area contributed by atoms with E-state index in [0.29, 0.717) is 16.3 Å². The summed E-state index contributed by atoms with van der Waals surface area (Å²) in [7, 11) is 0. The van der Waals surface area contributed by atoms with Crippen LogP contribution < -0.4 is 10.6 Å². The zero-order valence-corrected chi connectivity index (χ0v) is 13.9. The SMILES string of the molecule is CC(=O)c1cccc(NC(=O)C[NH2+][C@@H](C)c2cccc(Cl)c2)c1. The number of ketones is 1. The van der Waals surface area contributed by atoms with Gasteiger partial charge in [0.1, 0.15) is 6.04 Å². The van der Waals surface area contributed by atoms with E-state index in [1.165, 1.54) is 6.92 Å². The number of hydrogen-bond donors (Lipinski definition) is 2. The highest BCUT2D eigenvalue weighted by atomic mass is 35.5. The number of carbonyl (C=O) groups is 2. The van der Waals surface area contributed by atoms with E-state index in [4.69, 9.17) is 11.6 Å². The topological polar surface area (TPSA) is 62.8 Å². The Labute approximate surface area is 140 Å². The first kappa shape index (κ1) is 17.2. The summed E-state index contributed by atoms with van der Waals surface area (Å²) in [6.45, 7) is 3.81. The Kier molecular flexibility index (Phi) is 5.90. The van der Waals surface area contributed by atoms with E-state index in [0.717, 1.165) is 5.56 Å². The Balaban J connectivity index is 1.90. The highest BCUT2D eigenvalue weighted by molar-refractivity contribution is 6.30. The van der Waals surface area contributed by atoms with Gasteiger partial charge >= 0.3 is 0 Å². The number of Topliss-reactive ketones (excluding diaryl/α,β-unsaturated/α-hetero) is 1. The van der Waals surface area contributed by atoms with Gasteiger partial charge in [-0.2, -0.15) is 0 Å². The number of halogens is 1. The Bertz CT molecular complexity index is 716. The fourth-order valence-corrected chi connectivity index (χ4v) is 2.44. The van der Waals surface area contributed by atoms with Crippen molar-refractivity contribution < 1.29 is 14.9 Å². The van der Waals surface area contributed by atoms with Gasteiger partial charge in [-0.1, -0.05) is 35.9 Å². The molecule has 0 spiro atoms. The predicted octanol–water partition coefficient (Wildman–Crippen LogP) is 2.81. The van der Waals surface area contributed by atoms with E-state index in [-0.39, 0.29) is 24.3 Å². The predicted molar refractivity (Wildman–Crippen MR) is 91.7 cm³/mol. The van der Waals surface area contributed by atoms with E-state index in [1.807, 2.05) is 36.5 Å². The van der Waals surface area contributed by atoms with Gasteiger partial charge in [0.2, 0.25) is 0 Å². The van der Waals surface area contributed by atoms with Crippen LogP contribution in [0.2, 0.25) is 5.02 Å². The highest BCUT2D eigenvalue weighted by Gasteiger charge is 2.12. The molecule has 1 amide bonds. The van der Waals surface area contributed by atoms with Crippen LogP contribution in [0.15, 0.2) is 48.5 Å². The first-order valence-corrected chi connectivity index (χ1v) is 7.83. The number of amides is 1. The van der Waals surface area contributed by atoms with Crippen molar-refractivity contribution >= 4 is 29.0 Å². The molecular weight excluding hydrogens is 312 g/mol. The molecule has 0 aromatic heterocycles. The first-order valence-electron chi connectivity index (χ1n) is 7.45. The van der Waals surface area contributed by atoms with Crippen LogP contribution in [0.25, 0.3) is 0 Å². The smallest absolute Gasteiger partial charge is 0.279 e. The molecule has 0 bridgehead atoms. The molecule has 0 saturated heterocycles. The third-order valence-electron chi connectivity index (χ3n) is 3.58. The molecule has 2 aromatic rings. The number of carbonyl (C=O) groups excluding carboxylic acids is 2. The molecule has 5 heteroatoms. The molecular formula is C18H20ClN2O2+. The van der Waals surface area contributed by atoms with Crippen LogP contribution in [0, 0.1) is 0 Å². The number of quaternary nitrogens is 1. The van der Waals surface area contributed by atoms with Gasteiger partial charge in [-0.3, -0.25) is 9.59 Å². The maximum absolute atomic E-state index is 12.0. The number of nitrogens with one attached hydrogen (secondary N) is 1. The summed E-state index contributed by atoms with van der Waals surface area (Å²) < 4.78 is 0. The minimum atomic E-state index is -0.111. The summed E-state index contributed by atoms with van der Waals surface area (Å²) in [6.07, 6.45) is 0. The quantitative estimate of drug-likeness (QED) is 0.799. The van der Waals surface area contributed by atoms with E-state index >= 15 is 0 Å². The third kappa shape index (κ3) is 5.20. The number of hydrogen-bond acceptors (Lipinski definition) is 2. The standard InChI is InChI=1S/C18H19ClN2O2/c1-12(14-5-3-7-16(19)9-14)20-11-18(23)21-17-8-4-6-15(10-17)13(2)22/h3-10,12,20H,11H2,1-2H3,(H,21,23)/p+1/t12-/m0/s1. The molecule has 0 heterocycles. The lowest BCUT2D eigenvalue weighted by atomic mass is 10.1. The molecule has 4 nitrogen and oxygen atoms in total. The van der Waals surface area contributed by atoms with Crippen molar-refractivity contribution in [1.29, 1.82) is 0 Å². The highest BCUT2D eigenvalue weighted by Crippen LogP contribution is 2.14. The number of anilines is 1. The lowest BCUT2D eigenvalue weighted by Crippen LogP contribution is -2.86. The zero-order valence-electron chi connectivity index (χ0n) is 13.2. The van der Waals surface area contributed by atoms with Crippen molar-refractivity contribution in [3.63, 3.8) is 0 Å².